The van der Waals surface area contributed by atoms with Gasteiger partial charge in [0.05, 0.1) is 0 Å². The molecule has 0 fully saturated rings. The molecule has 0 aliphatic rings. The van der Waals surface area contributed by atoms with E-state index in [1.807, 2.05) is 0 Å². The van der Waals surface area contributed by atoms with Crippen molar-refractivity contribution in [3.05, 3.63) is 0 Å². The first-order valence-electron chi connectivity index (χ1n) is 3.12. The zero-order valence-electron chi connectivity index (χ0n) is 5.91. The third-order valence-corrected chi connectivity index (χ3v) is 3.33. The van der Waals surface area contributed by atoms with E-state index in [1.54, 1.807) is 0 Å². The highest BCUT2D eigenvalue weighted by Gasteiger charge is 2.09. The molecular weight excluding hydrogens is 100 g/mol. The summed E-state index contributed by atoms with van der Waals surface area (Å²) in [4.78, 5) is 0. The predicted molar refractivity (Wildman–Crippen MR) is 38.9 cm³/mol. The molecular formula is C6H16Si. The highest BCUT2D eigenvalue weighted by Crippen LogP contribution is 2.27. The van der Waals surface area contributed by atoms with E-state index in [9.17, 15) is 0 Å². The van der Waals surface area contributed by atoms with E-state index < -0.39 is 0 Å². The van der Waals surface area contributed by atoms with Crippen molar-refractivity contribution in [3.8, 4) is 0 Å². The van der Waals surface area contributed by atoms with Crippen LogP contribution in [0.1, 0.15) is 33.6 Å². The largest absolute Gasteiger partial charge is 0.0652 e. The van der Waals surface area contributed by atoms with Crippen molar-refractivity contribution >= 4 is 10.2 Å². The fraction of sp³-hybridized carbons (Fsp3) is 1.00. The fourth-order valence-electron chi connectivity index (χ4n) is 0.250. The summed E-state index contributed by atoms with van der Waals surface area (Å²) in [6, 6.07) is 0. The van der Waals surface area contributed by atoms with E-state index in [1.165, 1.54) is 23.1 Å². The molecule has 0 aliphatic carbocycles. The summed E-state index contributed by atoms with van der Waals surface area (Å²) in [5.41, 5.74) is 0. The van der Waals surface area contributed by atoms with E-state index in [0.717, 1.165) is 5.04 Å². The van der Waals surface area contributed by atoms with Crippen LogP contribution in [-0.2, 0) is 0 Å². The van der Waals surface area contributed by atoms with Crippen LogP contribution < -0.4 is 0 Å². The van der Waals surface area contributed by atoms with Crippen LogP contribution in [0.15, 0.2) is 0 Å². The minimum atomic E-state index is 0.722. The summed E-state index contributed by atoms with van der Waals surface area (Å²) in [6.45, 7) is 6.91. The summed E-state index contributed by atoms with van der Waals surface area (Å²) >= 11 is 0. The van der Waals surface area contributed by atoms with Gasteiger partial charge in [0.25, 0.3) is 0 Å². The average Bonchev–Trinajstić information content (AvgIpc) is 1.68. The van der Waals surface area contributed by atoms with E-state index >= 15 is 0 Å². The lowest BCUT2D eigenvalue weighted by Crippen LogP contribution is -2.02. The molecule has 0 aromatic heterocycles. The molecule has 44 valence electrons. The Hall–Kier alpha value is 0.217. The fourth-order valence-corrected chi connectivity index (χ4v) is 0.250. The first-order valence-corrected chi connectivity index (χ1v) is 4.12. The van der Waals surface area contributed by atoms with Gasteiger partial charge in [-0.1, -0.05) is 33.6 Å². The lowest BCUT2D eigenvalue weighted by atomic mass is 10.1. The van der Waals surface area contributed by atoms with Crippen LogP contribution in [0, 0.1) is 0 Å². The van der Waals surface area contributed by atoms with Crippen LogP contribution in [0.5, 0.6) is 0 Å². The van der Waals surface area contributed by atoms with Gasteiger partial charge in [0.2, 0.25) is 0 Å². The Morgan fingerprint density at radius 3 is 1.57 bits per heavy atom. The molecule has 0 aromatic carbocycles. The van der Waals surface area contributed by atoms with Crippen molar-refractivity contribution in [1.29, 1.82) is 0 Å². The van der Waals surface area contributed by atoms with Crippen LogP contribution in [0.25, 0.3) is 0 Å². The summed E-state index contributed by atoms with van der Waals surface area (Å²) in [5, 5.41) is 0.722. The van der Waals surface area contributed by atoms with Gasteiger partial charge in [-0.05, 0) is 5.04 Å². The van der Waals surface area contributed by atoms with Crippen molar-refractivity contribution in [2.24, 2.45) is 0 Å². The maximum atomic E-state index is 2.36. The summed E-state index contributed by atoms with van der Waals surface area (Å²) in [5.74, 6) is 0. The summed E-state index contributed by atoms with van der Waals surface area (Å²) < 4.78 is 0. The summed E-state index contributed by atoms with van der Waals surface area (Å²) in [7, 11) is 1.35. The molecule has 0 radical (unpaired) electrons. The van der Waals surface area contributed by atoms with Crippen molar-refractivity contribution in [2.75, 3.05) is 0 Å². The Morgan fingerprint density at radius 1 is 1.29 bits per heavy atom. The number of rotatable bonds is 2. The molecule has 1 heteroatoms. The van der Waals surface area contributed by atoms with Gasteiger partial charge in [-0.25, -0.2) is 0 Å². The average molecular weight is 116 g/mol. The van der Waals surface area contributed by atoms with Gasteiger partial charge in [-0.2, -0.15) is 0 Å². The summed E-state index contributed by atoms with van der Waals surface area (Å²) in [6.07, 6.45) is 2.71. The Balaban J connectivity index is 3.36. The predicted octanol–water partition coefficient (Wildman–Crippen LogP) is 1.35. The van der Waals surface area contributed by atoms with Gasteiger partial charge in [0.1, 0.15) is 0 Å². The molecule has 0 bridgehead atoms. The lowest BCUT2D eigenvalue weighted by Gasteiger charge is -2.18. The quantitative estimate of drug-likeness (QED) is 0.478. The lowest BCUT2D eigenvalue weighted by molar-refractivity contribution is 0.571. The topological polar surface area (TPSA) is 0 Å². The first-order chi connectivity index (χ1) is 3.12. The SMILES string of the molecule is CCC(C)([SiH3])CC. The first kappa shape index (κ1) is 7.22. The van der Waals surface area contributed by atoms with Gasteiger partial charge >= 0.3 is 0 Å². The van der Waals surface area contributed by atoms with Crippen LogP contribution in [0.4, 0.5) is 0 Å². The molecule has 0 nitrogen and oxygen atoms in total. The van der Waals surface area contributed by atoms with Crippen molar-refractivity contribution in [1.82, 2.24) is 0 Å². The zero-order valence-corrected chi connectivity index (χ0v) is 7.91. The van der Waals surface area contributed by atoms with Gasteiger partial charge in [-0.3, -0.25) is 0 Å². The molecule has 0 saturated carbocycles. The number of hydrogen-bond donors (Lipinski definition) is 0. The van der Waals surface area contributed by atoms with Gasteiger partial charge in [-0.15, -0.1) is 0 Å². The third-order valence-electron chi connectivity index (χ3n) is 1.91. The van der Waals surface area contributed by atoms with Crippen LogP contribution in [0.3, 0.4) is 0 Å². The van der Waals surface area contributed by atoms with Crippen LogP contribution >= 0.6 is 0 Å². The standard InChI is InChI=1S/C6H16Si/c1-4-6(3,7)5-2/h4-5H2,1-3,7H3. The molecule has 0 rings (SSSR count). The maximum Gasteiger partial charge on any atom is 0.0103 e. The maximum absolute atomic E-state index is 2.36. The molecule has 0 N–H and O–H groups in total. The van der Waals surface area contributed by atoms with E-state index in [2.05, 4.69) is 20.8 Å². The third kappa shape index (κ3) is 2.86. The number of hydrogen-bond acceptors (Lipinski definition) is 0. The van der Waals surface area contributed by atoms with E-state index in [4.69, 9.17) is 0 Å². The van der Waals surface area contributed by atoms with Gasteiger partial charge in [0.15, 0.2) is 0 Å². The second-order valence-electron chi connectivity index (χ2n) is 2.87. The Morgan fingerprint density at radius 2 is 1.57 bits per heavy atom. The van der Waals surface area contributed by atoms with E-state index in [0.29, 0.717) is 0 Å². The molecule has 0 atom stereocenters. The molecule has 7 heavy (non-hydrogen) atoms. The molecule has 0 spiro atoms. The van der Waals surface area contributed by atoms with Crippen molar-refractivity contribution in [3.63, 3.8) is 0 Å². The minimum absolute atomic E-state index is 0.722. The van der Waals surface area contributed by atoms with Crippen molar-refractivity contribution in [2.45, 2.75) is 38.7 Å². The Bertz CT molecular complexity index is 42.1. The Kier molecular flexibility index (Phi) is 2.58. The van der Waals surface area contributed by atoms with Gasteiger partial charge < -0.3 is 0 Å². The van der Waals surface area contributed by atoms with Gasteiger partial charge in [0, 0.05) is 10.2 Å². The molecule has 0 aliphatic heterocycles. The highest BCUT2D eigenvalue weighted by atomic mass is 28.1. The van der Waals surface area contributed by atoms with Crippen LogP contribution in [0.2, 0.25) is 5.04 Å². The second kappa shape index (κ2) is 2.51. The molecule has 0 heterocycles. The molecule has 0 unspecified atom stereocenters. The molecule has 0 aromatic rings. The minimum Gasteiger partial charge on any atom is -0.0652 e. The van der Waals surface area contributed by atoms with Crippen LogP contribution in [-0.4, -0.2) is 10.2 Å². The monoisotopic (exact) mass is 116 g/mol. The smallest absolute Gasteiger partial charge is 0.0103 e. The Labute approximate surface area is 49.7 Å². The van der Waals surface area contributed by atoms with Crippen molar-refractivity contribution < 1.29 is 0 Å². The molecule has 0 amide bonds. The second-order valence-corrected chi connectivity index (χ2v) is 5.29. The highest BCUT2D eigenvalue weighted by molar-refractivity contribution is 6.14. The van der Waals surface area contributed by atoms with E-state index in [-0.39, 0.29) is 0 Å². The normalized spacial score (nSPS) is 12.4. The molecule has 0 saturated heterocycles. The zero-order chi connectivity index (χ0) is 5.91.